The minimum Gasteiger partial charge on any atom is -0.394 e. The molecule has 500 valence electrons. The van der Waals surface area contributed by atoms with Crippen molar-refractivity contribution in [3.05, 3.63) is 24.3 Å². The van der Waals surface area contributed by atoms with Gasteiger partial charge in [0, 0.05) is 6.42 Å². The Bertz CT molecular complexity index is 1640. The summed E-state index contributed by atoms with van der Waals surface area (Å²) in [5.41, 5.74) is 0. The minimum absolute atomic E-state index is 0.237. The second-order valence-corrected chi connectivity index (χ2v) is 24.6. The molecule has 17 atom stereocenters. The van der Waals surface area contributed by atoms with Crippen molar-refractivity contribution in [1.82, 2.24) is 5.32 Å². The van der Waals surface area contributed by atoms with Crippen LogP contribution in [0.3, 0.4) is 0 Å². The van der Waals surface area contributed by atoms with Crippen molar-refractivity contribution in [2.45, 2.75) is 362 Å². The standard InChI is InChI=1S/C66H123NO18/c1-3-5-7-9-11-13-14-15-16-17-18-19-20-21-22-23-24-25-26-27-28-29-30-31-32-33-34-35-36-37-39-41-43-50(71)49(67-54(72)44-42-40-38-12-10-8-6-4-2)48-80-64-60(78)57(75)62(52(46-69)82-64)85-66-61(79)58(76)63(53(47-70)83-66)84-65-59(77)56(74)55(73)51(45-68)81-65/h35-36,41,43,49-53,55-66,68-71,73-79H,3-34,37-40,42,44-48H2,1-2H3,(H,67,72)/b36-35+,43-41+. The Balaban J connectivity index is 1.35. The molecule has 19 heteroatoms. The van der Waals surface area contributed by atoms with Crippen molar-refractivity contribution in [1.29, 1.82) is 0 Å². The number of unbranched alkanes of at least 4 members (excludes halogenated alkanes) is 34. The largest absolute Gasteiger partial charge is 0.394 e. The fraction of sp³-hybridized carbons (Fsp3) is 0.924. The van der Waals surface area contributed by atoms with Crippen molar-refractivity contribution in [3.8, 4) is 0 Å². The van der Waals surface area contributed by atoms with Gasteiger partial charge < -0.3 is 89.9 Å². The van der Waals surface area contributed by atoms with Crippen LogP contribution in [0.4, 0.5) is 0 Å². The summed E-state index contributed by atoms with van der Waals surface area (Å²) >= 11 is 0. The topological polar surface area (TPSA) is 307 Å². The summed E-state index contributed by atoms with van der Waals surface area (Å²) in [5, 5.41) is 120. The monoisotopic (exact) mass is 1220 g/mol. The maximum absolute atomic E-state index is 13.2. The van der Waals surface area contributed by atoms with Gasteiger partial charge in [-0.05, 0) is 32.1 Å². The molecule has 1 amide bonds. The van der Waals surface area contributed by atoms with E-state index in [-0.39, 0.29) is 18.9 Å². The van der Waals surface area contributed by atoms with Crippen LogP contribution in [0.5, 0.6) is 0 Å². The number of rotatable bonds is 52. The fourth-order valence-electron chi connectivity index (χ4n) is 11.7. The molecule has 0 bridgehead atoms. The second kappa shape index (κ2) is 49.0. The van der Waals surface area contributed by atoms with Crippen LogP contribution in [0, 0.1) is 0 Å². The summed E-state index contributed by atoms with van der Waals surface area (Å²) in [6.07, 6.45) is 28.0. The predicted octanol–water partition coefficient (Wildman–Crippen LogP) is 8.27. The van der Waals surface area contributed by atoms with Crippen molar-refractivity contribution in [2.24, 2.45) is 0 Å². The van der Waals surface area contributed by atoms with Gasteiger partial charge in [-0.15, -0.1) is 0 Å². The van der Waals surface area contributed by atoms with Gasteiger partial charge in [0.05, 0.1) is 38.6 Å². The van der Waals surface area contributed by atoms with Crippen LogP contribution in [0.2, 0.25) is 0 Å². The third-order valence-corrected chi connectivity index (χ3v) is 17.3. The molecule has 0 aromatic heterocycles. The SMILES string of the molecule is CCCCCCCCCCCCCCCCCCCCCCCCCCCC/C=C/CC/C=C/C(O)C(COC1OC(CO)C(OC2OC(CO)C(OC3OC(CO)C(O)C(O)C3O)C(O)C2O)C(O)C1O)NC(=O)CCCCCCCCCC. The van der Waals surface area contributed by atoms with E-state index in [1.807, 2.05) is 6.08 Å². The van der Waals surface area contributed by atoms with E-state index in [9.17, 15) is 61.0 Å². The second-order valence-electron chi connectivity index (χ2n) is 24.6. The number of aliphatic hydroxyl groups excluding tert-OH is 11. The van der Waals surface area contributed by atoms with Crippen molar-refractivity contribution in [3.63, 3.8) is 0 Å². The molecular weight excluding hydrogens is 1090 g/mol. The lowest BCUT2D eigenvalue weighted by molar-refractivity contribution is -0.379. The third kappa shape index (κ3) is 31.7. The molecule has 3 fully saturated rings. The number of allylic oxidation sites excluding steroid dienone is 3. The van der Waals surface area contributed by atoms with Crippen LogP contribution in [0.25, 0.3) is 0 Å². The number of carbonyl (C=O) groups excluding carboxylic acids is 1. The molecule has 19 nitrogen and oxygen atoms in total. The maximum atomic E-state index is 13.2. The van der Waals surface area contributed by atoms with Crippen LogP contribution in [-0.4, -0.2) is 193 Å². The zero-order valence-electron chi connectivity index (χ0n) is 52.6. The van der Waals surface area contributed by atoms with E-state index in [0.717, 1.165) is 44.9 Å². The van der Waals surface area contributed by atoms with Gasteiger partial charge >= 0.3 is 0 Å². The summed E-state index contributed by atoms with van der Waals surface area (Å²) in [6, 6.07) is -0.984. The first-order valence-electron chi connectivity index (χ1n) is 34.1. The normalized spacial score (nSPS) is 29.1. The number of aliphatic hydroxyl groups is 11. The molecular formula is C66H123NO18. The number of carbonyl (C=O) groups is 1. The van der Waals surface area contributed by atoms with Gasteiger partial charge in [-0.25, -0.2) is 0 Å². The highest BCUT2D eigenvalue weighted by molar-refractivity contribution is 5.76. The first-order valence-corrected chi connectivity index (χ1v) is 34.1. The minimum atomic E-state index is -1.98. The summed E-state index contributed by atoms with van der Waals surface area (Å²) in [7, 11) is 0. The molecule has 0 aliphatic carbocycles. The van der Waals surface area contributed by atoms with E-state index in [2.05, 4.69) is 31.3 Å². The average molecular weight is 1220 g/mol. The van der Waals surface area contributed by atoms with Gasteiger partial charge in [0.15, 0.2) is 18.9 Å². The summed E-state index contributed by atoms with van der Waals surface area (Å²) in [4.78, 5) is 13.2. The third-order valence-electron chi connectivity index (χ3n) is 17.3. The van der Waals surface area contributed by atoms with Crippen molar-refractivity contribution >= 4 is 5.91 Å². The Morgan fingerprint density at radius 1 is 0.412 bits per heavy atom. The summed E-state index contributed by atoms with van der Waals surface area (Å²) < 4.78 is 34.2. The highest BCUT2D eigenvalue weighted by Gasteiger charge is 2.53. The van der Waals surface area contributed by atoms with E-state index in [1.165, 1.54) is 180 Å². The number of hydrogen-bond acceptors (Lipinski definition) is 18. The zero-order chi connectivity index (χ0) is 61.9. The molecule has 3 aliphatic heterocycles. The van der Waals surface area contributed by atoms with E-state index >= 15 is 0 Å². The van der Waals surface area contributed by atoms with Gasteiger partial charge in [-0.1, -0.05) is 244 Å². The molecule has 3 aliphatic rings. The van der Waals surface area contributed by atoms with Crippen LogP contribution in [-0.2, 0) is 33.2 Å². The highest BCUT2D eigenvalue weighted by Crippen LogP contribution is 2.33. The van der Waals surface area contributed by atoms with Crippen molar-refractivity contribution < 1.29 is 89.4 Å². The van der Waals surface area contributed by atoms with E-state index in [4.69, 9.17) is 28.4 Å². The summed E-state index contributed by atoms with van der Waals surface area (Å²) in [5.74, 6) is -0.289. The van der Waals surface area contributed by atoms with E-state index < -0.39 is 124 Å². The first kappa shape index (κ1) is 77.5. The quantitative estimate of drug-likeness (QED) is 0.0201. The molecule has 0 aromatic carbocycles. The van der Waals surface area contributed by atoms with Crippen LogP contribution < -0.4 is 5.32 Å². The Morgan fingerprint density at radius 2 is 0.753 bits per heavy atom. The Labute approximate surface area is 511 Å². The molecule has 0 spiro atoms. The molecule has 12 N–H and O–H groups in total. The van der Waals surface area contributed by atoms with Gasteiger partial charge in [0.25, 0.3) is 0 Å². The number of ether oxygens (including phenoxy) is 6. The van der Waals surface area contributed by atoms with Crippen molar-refractivity contribution in [2.75, 3.05) is 26.4 Å². The molecule has 3 heterocycles. The average Bonchev–Trinajstić information content (AvgIpc) is 2.04. The smallest absolute Gasteiger partial charge is 0.220 e. The molecule has 0 radical (unpaired) electrons. The molecule has 0 saturated carbocycles. The Morgan fingerprint density at radius 3 is 1.18 bits per heavy atom. The van der Waals surface area contributed by atoms with Crippen LogP contribution >= 0.6 is 0 Å². The van der Waals surface area contributed by atoms with Gasteiger partial charge in [0.2, 0.25) is 5.91 Å². The first-order chi connectivity index (χ1) is 41.3. The zero-order valence-corrected chi connectivity index (χ0v) is 52.6. The molecule has 17 unspecified atom stereocenters. The number of hydrogen-bond donors (Lipinski definition) is 12. The summed E-state index contributed by atoms with van der Waals surface area (Å²) in [6.45, 7) is 1.68. The Hall–Kier alpha value is -1.73. The van der Waals surface area contributed by atoms with Crippen LogP contribution in [0.15, 0.2) is 24.3 Å². The molecule has 0 aromatic rings. The number of amides is 1. The van der Waals surface area contributed by atoms with Gasteiger partial charge in [0.1, 0.15) is 73.2 Å². The van der Waals surface area contributed by atoms with Gasteiger partial charge in [-0.2, -0.15) is 0 Å². The lowest BCUT2D eigenvalue weighted by Crippen LogP contribution is -2.66. The fourth-order valence-corrected chi connectivity index (χ4v) is 11.7. The highest BCUT2D eigenvalue weighted by atomic mass is 16.8. The molecule has 85 heavy (non-hydrogen) atoms. The number of nitrogens with one attached hydrogen (secondary N) is 1. The van der Waals surface area contributed by atoms with Gasteiger partial charge in [-0.3, -0.25) is 4.79 Å². The Kier molecular flexibility index (Phi) is 44.7. The van der Waals surface area contributed by atoms with E-state index in [0.29, 0.717) is 12.8 Å². The lowest BCUT2D eigenvalue weighted by atomic mass is 9.96. The lowest BCUT2D eigenvalue weighted by Gasteiger charge is -2.48. The predicted molar refractivity (Wildman–Crippen MR) is 328 cm³/mol. The van der Waals surface area contributed by atoms with Crippen LogP contribution in [0.1, 0.15) is 258 Å². The van der Waals surface area contributed by atoms with E-state index in [1.54, 1.807) is 6.08 Å². The molecule has 3 rings (SSSR count). The maximum Gasteiger partial charge on any atom is 0.220 e. The molecule has 3 saturated heterocycles.